The van der Waals surface area contributed by atoms with Gasteiger partial charge in [0.1, 0.15) is 0 Å². The molecule has 0 fully saturated rings. The molecule has 1 N–H and O–H groups in total. The van der Waals surface area contributed by atoms with E-state index < -0.39 is 8.32 Å². The van der Waals surface area contributed by atoms with Gasteiger partial charge in [-0.05, 0) is 28.5 Å². The minimum absolute atomic E-state index is 0.0964. The van der Waals surface area contributed by atoms with Crippen molar-refractivity contribution in [3.63, 3.8) is 0 Å². The molecule has 0 aliphatic carbocycles. The van der Waals surface area contributed by atoms with Crippen LogP contribution in [0, 0.1) is 5.41 Å². The van der Waals surface area contributed by atoms with Crippen LogP contribution in [0.1, 0.15) is 61.8 Å². The van der Waals surface area contributed by atoms with E-state index in [9.17, 15) is 0 Å². The second kappa shape index (κ2) is 9.69. The lowest BCUT2D eigenvalue weighted by Crippen LogP contribution is -2.48. The summed E-state index contributed by atoms with van der Waals surface area (Å²) < 4.78 is 6.62. The van der Waals surface area contributed by atoms with Crippen LogP contribution >= 0.6 is 0 Å². The Hall–Kier alpha value is -0.383. The molecule has 0 atom stereocenters. The Morgan fingerprint density at radius 1 is 0.955 bits per heavy atom. The molecule has 0 radical (unpaired) electrons. The van der Waals surface area contributed by atoms with Crippen molar-refractivity contribution in [2.24, 2.45) is 5.41 Å². The predicted molar refractivity (Wildman–Crippen MR) is 101 cm³/mol. The van der Waals surface area contributed by atoms with Gasteiger partial charge < -0.3 is 9.53 Å². The van der Waals surface area contributed by atoms with Gasteiger partial charge in [0.15, 0.2) is 8.32 Å². The third-order valence-electron chi connectivity index (χ3n) is 4.71. The number of allylic oxidation sites excluding steroid dienone is 3. The second-order valence-electron chi connectivity index (χ2n) is 7.87. The normalized spacial score (nSPS) is 14.4. The van der Waals surface area contributed by atoms with E-state index >= 15 is 0 Å². The van der Waals surface area contributed by atoms with Crippen LogP contribution in [0.3, 0.4) is 0 Å². The average molecular weight is 327 g/mol. The molecule has 0 aromatic carbocycles. The zero-order chi connectivity index (χ0) is 17.4. The fraction of sp³-hybridized carbons (Fsp3) is 0.789. The number of hydrogen-bond acceptors (Lipinski definition) is 2. The van der Waals surface area contributed by atoms with Crippen molar-refractivity contribution in [3.8, 4) is 0 Å². The lowest BCUT2D eigenvalue weighted by molar-refractivity contribution is 0.233. The molecule has 2 nitrogen and oxygen atoms in total. The SMILES string of the molecule is CC(C)[Si](OCCC(C)(C)/C=C/C=C/CO)(C(C)C)C(C)C. The maximum Gasteiger partial charge on any atom is 0.200 e. The third kappa shape index (κ3) is 6.39. The van der Waals surface area contributed by atoms with E-state index in [1.54, 1.807) is 6.08 Å². The molecular formula is C19H38O2Si. The standard InChI is InChI=1S/C19H38O2Si/c1-16(2)22(17(3)4,18(5)6)21-15-13-19(7,8)12-10-9-11-14-20/h9-12,16-18,20H,13-15H2,1-8H3/b11-9+,12-10+. The van der Waals surface area contributed by atoms with Gasteiger partial charge in [-0.1, -0.05) is 79.7 Å². The molecule has 0 saturated carbocycles. The average Bonchev–Trinajstić information content (AvgIpc) is 2.38. The Bertz CT molecular complexity index is 333. The summed E-state index contributed by atoms with van der Waals surface area (Å²) in [5.41, 5.74) is 2.03. The van der Waals surface area contributed by atoms with Crippen molar-refractivity contribution in [2.45, 2.75) is 78.4 Å². The molecule has 0 unspecified atom stereocenters. The zero-order valence-corrected chi connectivity index (χ0v) is 17.0. The molecule has 22 heavy (non-hydrogen) atoms. The van der Waals surface area contributed by atoms with Crippen LogP contribution in [0.4, 0.5) is 0 Å². The Morgan fingerprint density at radius 2 is 1.45 bits per heavy atom. The number of aliphatic hydroxyl groups is 1. The first-order chi connectivity index (χ1) is 10.1. The summed E-state index contributed by atoms with van der Waals surface area (Å²) in [7, 11) is -1.74. The molecule has 3 heteroatoms. The fourth-order valence-corrected chi connectivity index (χ4v) is 8.99. The first-order valence-electron chi connectivity index (χ1n) is 8.69. The predicted octanol–water partition coefficient (Wildman–Crippen LogP) is 5.70. The summed E-state index contributed by atoms with van der Waals surface area (Å²) in [4.78, 5) is 0. The quantitative estimate of drug-likeness (QED) is 0.412. The van der Waals surface area contributed by atoms with E-state index in [-0.39, 0.29) is 12.0 Å². The number of aliphatic hydroxyl groups excluding tert-OH is 1. The summed E-state index contributed by atoms with van der Waals surface area (Å²) in [5.74, 6) is 0. The van der Waals surface area contributed by atoms with Gasteiger partial charge in [0, 0.05) is 6.61 Å². The molecule has 0 spiro atoms. The number of hydrogen-bond donors (Lipinski definition) is 1. The van der Waals surface area contributed by atoms with Crippen molar-refractivity contribution in [3.05, 3.63) is 24.3 Å². The van der Waals surface area contributed by atoms with E-state index in [0.717, 1.165) is 13.0 Å². The van der Waals surface area contributed by atoms with Gasteiger partial charge in [0.25, 0.3) is 0 Å². The van der Waals surface area contributed by atoms with Gasteiger partial charge >= 0.3 is 0 Å². The van der Waals surface area contributed by atoms with Crippen LogP contribution < -0.4 is 0 Å². The molecule has 0 heterocycles. The maximum absolute atomic E-state index is 8.75. The molecule has 0 aliphatic heterocycles. The number of rotatable bonds is 10. The first kappa shape index (κ1) is 21.6. The van der Waals surface area contributed by atoms with Crippen LogP contribution in [0.2, 0.25) is 16.6 Å². The smallest absolute Gasteiger partial charge is 0.200 e. The van der Waals surface area contributed by atoms with E-state index in [1.807, 2.05) is 12.2 Å². The Balaban J connectivity index is 4.75. The second-order valence-corrected chi connectivity index (χ2v) is 13.3. The fourth-order valence-electron chi connectivity index (χ4n) is 3.53. The lowest BCUT2D eigenvalue weighted by Gasteiger charge is -2.42. The van der Waals surface area contributed by atoms with E-state index in [2.05, 4.69) is 61.5 Å². The Labute approximate surface area is 139 Å². The zero-order valence-electron chi connectivity index (χ0n) is 16.0. The largest absolute Gasteiger partial charge is 0.416 e. The van der Waals surface area contributed by atoms with Gasteiger partial charge in [-0.3, -0.25) is 0 Å². The van der Waals surface area contributed by atoms with Gasteiger partial charge in [0.2, 0.25) is 0 Å². The Morgan fingerprint density at radius 3 is 1.86 bits per heavy atom. The van der Waals surface area contributed by atoms with Crippen LogP contribution in [0.5, 0.6) is 0 Å². The highest BCUT2D eigenvalue weighted by molar-refractivity contribution is 6.77. The van der Waals surface area contributed by atoms with Crippen LogP contribution in [-0.4, -0.2) is 26.6 Å². The maximum atomic E-state index is 8.75. The molecule has 0 amide bonds. The van der Waals surface area contributed by atoms with Gasteiger partial charge in [-0.25, -0.2) is 0 Å². The molecule has 0 aliphatic rings. The van der Waals surface area contributed by atoms with Crippen LogP contribution in [0.25, 0.3) is 0 Å². The van der Waals surface area contributed by atoms with E-state index in [0.29, 0.717) is 16.6 Å². The summed E-state index contributed by atoms with van der Waals surface area (Å²) >= 11 is 0. The minimum Gasteiger partial charge on any atom is -0.416 e. The van der Waals surface area contributed by atoms with E-state index in [4.69, 9.17) is 9.53 Å². The molecule has 0 bridgehead atoms. The van der Waals surface area contributed by atoms with Crippen molar-refractivity contribution in [1.29, 1.82) is 0 Å². The highest BCUT2D eigenvalue weighted by Gasteiger charge is 2.44. The van der Waals surface area contributed by atoms with Gasteiger partial charge in [-0.15, -0.1) is 0 Å². The molecule has 0 saturated heterocycles. The summed E-state index contributed by atoms with van der Waals surface area (Å²) in [6.07, 6.45) is 8.90. The molecule has 130 valence electrons. The first-order valence-corrected chi connectivity index (χ1v) is 10.8. The summed E-state index contributed by atoms with van der Waals surface area (Å²) in [6, 6.07) is 0. The van der Waals surface area contributed by atoms with Crippen molar-refractivity contribution in [1.82, 2.24) is 0 Å². The summed E-state index contributed by atoms with van der Waals surface area (Å²) in [6.45, 7) is 19.4. The molecule has 0 aromatic rings. The minimum atomic E-state index is -1.74. The molecular weight excluding hydrogens is 288 g/mol. The van der Waals surface area contributed by atoms with Crippen molar-refractivity contribution < 1.29 is 9.53 Å². The monoisotopic (exact) mass is 326 g/mol. The highest BCUT2D eigenvalue weighted by atomic mass is 28.4. The third-order valence-corrected chi connectivity index (χ3v) is 10.8. The summed E-state index contributed by atoms with van der Waals surface area (Å²) in [5, 5.41) is 8.75. The molecule has 0 rings (SSSR count). The Kier molecular flexibility index (Phi) is 9.52. The lowest BCUT2D eigenvalue weighted by atomic mass is 9.89. The van der Waals surface area contributed by atoms with Gasteiger partial charge in [0.05, 0.1) is 6.61 Å². The highest BCUT2D eigenvalue weighted by Crippen LogP contribution is 2.42. The van der Waals surface area contributed by atoms with Crippen molar-refractivity contribution >= 4 is 8.32 Å². The van der Waals surface area contributed by atoms with E-state index in [1.165, 1.54) is 0 Å². The van der Waals surface area contributed by atoms with Gasteiger partial charge in [-0.2, -0.15) is 0 Å². The van der Waals surface area contributed by atoms with Crippen LogP contribution in [0.15, 0.2) is 24.3 Å². The molecule has 0 aromatic heterocycles. The van der Waals surface area contributed by atoms with Crippen molar-refractivity contribution in [2.75, 3.05) is 13.2 Å². The topological polar surface area (TPSA) is 29.5 Å². The van der Waals surface area contributed by atoms with Crippen LogP contribution in [-0.2, 0) is 4.43 Å².